The third-order valence-corrected chi connectivity index (χ3v) is 5.31. The zero-order valence-corrected chi connectivity index (χ0v) is 15.6. The Morgan fingerprint density at radius 2 is 2.14 bits per heavy atom. The van der Waals surface area contributed by atoms with Crippen molar-refractivity contribution >= 4 is 22.4 Å². The maximum atomic E-state index is 13.4. The summed E-state index contributed by atoms with van der Waals surface area (Å²) in [5.41, 5.74) is -0.985. The Bertz CT molecular complexity index is 1030. The predicted molar refractivity (Wildman–Crippen MR) is 98.7 cm³/mol. The van der Waals surface area contributed by atoms with Crippen molar-refractivity contribution in [3.05, 3.63) is 53.3 Å². The summed E-state index contributed by atoms with van der Waals surface area (Å²) in [5.74, 6) is -0.966. The zero-order chi connectivity index (χ0) is 20.6. The Kier molecular flexibility index (Phi) is 4.83. The van der Waals surface area contributed by atoms with Crippen molar-refractivity contribution in [3.63, 3.8) is 0 Å². The maximum absolute atomic E-state index is 13.4. The topological polar surface area (TPSA) is 84.6 Å². The first-order valence-electron chi connectivity index (χ1n) is 8.61. The van der Waals surface area contributed by atoms with E-state index in [-0.39, 0.29) is 5.13 Å². The van der Waals surface area contributed by atoms with Gasteiger partial charge in [0.05, 0.1) is 25.0 Å². The molecule has 0 radical (unpaired) electrons. The summed E-state index contributed by atoms with van der Waals surface area (Å²) in [6, 6.07) is 7.77. The van der Waals surface area contributed by atoms with Crippen LogP contribution < -0.4 is 10.1 Å². The lowest BCUT2D eigenvalue weighted by Crippen LogP contribution is -2.44. The summed E-state index contributed by atoms with van der Waals surface area (Å²) in [7, 11) is 0. The first kappa shape index (κ1) is 19.5. The van der Waals surface area contributed by atoms with Gasteiger partial charge in [-0.3, -0.25) is 4.79 Å². The van der Waals surface area contributed by atoms with E-state index in [1.807, 2.05) is 18.2 Å². The van der Waals surface area contributed by atoms with Crippen molar-refractivity contribution in [2.24, 2.45) is 0 Å². The summed E-state index contributed by atoms with van der Waals surface area (Å²) in [4.78, 5) is 16.5. The molecule has 6 nitrogen and oxygen atoms in total. The van der Waals surface area contributed by atoms with Crippen LogP contribution in [0.5, 0.6) is 5.75 Å². The van der Waals surface area contributed by atoms with E-state index in [1.165, 1.54) is 6.07 Å². The second-order valence-corrected chi connectivity index (χ2v) is 7.38. The van der Waals surface area contributed by atoms with Gasteiger partial charge >= 0.3 is 6.18 Å². The molecular formula is C19H15F3N2O4S. The molecule has 152 valence electrons. The molecule has 1 aliphatic heterocycles. The molecule has 0 spiro atoms. The number of rotatable bonds is 5. The van der Waals surface area contributed by atoms with Gasteiger partial charge in [0.25, 0.3) is 0 Å². The van der Waals surface area contributed by atoms with E-state index in [2.05, 4.69) is 10.3 Å². The van der Waals surface area contributed by atoms with Gasteiger partial charge in [-0.2, -0.15) is 13.2 Å². The van der Waals surface area contributed by atoms with Gasteiger partial charge < -0.3 is 19.6 Å². The minimum Gasteiger partial charge on any atom is -0.493 e. The van der Waals surface area contributed by atoms with Crippen LogP contribution in [0.4, 0.5) is 18.3 Å². The molecule has 1 aromatic carbocycles. The van der Waals surface area contributed by atoms with E-state index in [0.29, 0.717) is 12.3 Å². The van der Waals surface area contributed by atoms with Gasteiger partial charge in [-0.1, -0.05) is 0 Å². The number of halogens is 3. The van der Waals surface area contributed by atoms with E-state index in [9.17, 15) is 23.1 Å². The highest BCUT2D eigenvalue weighted by atomic mass is 32.1. The smallest absolute Gasteiger partial charge is 0.425 e. The van der Waals surface area contributed by atoms with E-state index in [4.69, 9.17) is 9.15 Å². The molecule has 29 heavy (non-hydrogen) atoms. The number of aliphatic hydroxyl groups is 1. The number of thiazole rings is 1. The minimum atomic E-state index is -5.09. The molecule has 3 heterocycles. The number of carbonyl (C=O) groups is 1. The van der Waals surface area contributed by atoms with Gasteiger partial charge in [0, 0.05) is 17.4 Å². The van der Waals surface area contributed by atoms with Crippen molar-refractivity contribution in [2.75, 3.05) is 11.9 Å². The zero-order valence-electron chi connectivity index (χ0n) is 14.8. The third-order valence-electron chi connectivity index (χ3n) is 4.55. The molecule has 0 saturated heterocycles. The number of benzene rings is 1. The molecule has 0 bridgehead atoms. The fourth-order valence-corrected chi connectivity index (χ4v) is 3.78. The van der Waals surface area contributed by atoms with Crippen molar-refractivity contribution in [1.29, 1.82) is 0 Å². The molecule has 1 atom stereocenters. The molecule has 4 rings (SSSR count). The SMILES string of the molecule is O=C(C[C@@](O)(c1ccco1)C(F)(F)F)Nc1nc(-c2ccc3c(c2)CCO3)cs1. The molecule has 2 N–H and O–H groups in total. The number of fused-ring (bicyclic) bond motifs is 1. The number of hydrogen-bond acceptors (Lipinski definition) is 6. The molecule has 1 amide bonds. The number of anilines is 1. The van der Waals surface area contributed by atoms with Crippen LogP contribution >= 0.6 is 11.3 Å². The lowest BCUT2D eigenvalue weighted by Gasteiger charge is -2.27. The fraction of sp³-hybridized carbons (Fsp3) is 0.263. The molecule has 0 fully saturated rings. The van der Waals surface area contributed by atoms with E-state index in [0.717, 1.165) is 47.0 Å². The minimum absolute atomic E-state index is 0.130. The van der Waals surface area contributed by atoms with Crippen molar-refractivity contribution in [3.8, 4) is 17.0 Å². The summed E-state index contributed by atoms with van der Waals surface area (Å²) >= 11 is 1.08. The van der Waals surface area contributed by atoms with E-state index in [1.54, 1.807) is 5.38 Å². The average Bonchev–Trinajstić information content (AvgIpc) is 3.41. The molecular weight excluding hydrogens is 409 g/mol. The van der Waals surface area contributed by atoms with E-state index >= 15 is 0 Å². The number of nitrogens with zero attached hydrogens (tertiary/aromatic N) is 1. The molecule has 3 aromatic rings. The Morgan fingerprint density at radius 3 is 2.86 bits per heavy atom. The second kappa shape index (κ2) is 7.20. The molecule has 0 unspecified atom stereocenters. The fourth-order valence-electron chi connectivity index (χ4n) is 3.05. The lowest BCUT2D eigenvalue weighted by atomic mass is 9.95. The second-order valence-electron chi connectivity index (χ2n) is 6.52. The van der Waals surface area contributed by atoms with Gasteiger partial charge in [0.15, 0.2) is 5.13 Å². The Morgan fingerprint density at radius 1 is 1.31 bits per heavy atom. The maximum Gasteiger partial charge on any atom is 0.425 e. The van der Waals surface area contributed by atoms with Gasteiger partial charge in [0.2, 0.25) is 11.5 Å². The summed E-state index contributed by atoms with van der Waals surface area (Å²) < 4.78 is 50.3. The van der Waals surface area contributed by atoms with Crippen LogP contribution in [0.15, 0.2) is 46.4 Å². The van der Waals surface area contributed by atoms with Crippen molar-refractivity contribution < 1.29 is 32.2 Å². The quantitative estimate of drug-likeness (QED) is 0.644. The number of nitrogens with one attached hydrogen (secondary N) is 1. The summed E-state index contributed by atoms with van der Waals surface area (Å²) in [6.45, 7) is 0.620. The molecule has 10 heteroatoms. The van der Waals surface area contributed by atoms with Crippen LogP contribution in [-0.2, 0) is 16.8 Å². The highest BCUT2D eigenvalue weighted by Crippen LogP contribution is 2.42. The van der Waals surface area contributed by atoms with Gasteiger partial charge in [-0.05, 0) is 35.9 Å². The summed E-state index contributed by atoms with van der Waals surface area (Å²) in [5, 5.41) is 14.3. The van der Waals surface area contributed by atoms with Crippen LogP contribution in [0.2, 0.25) is 0 Å². The molecule has 2 aromatic heterocycles. The van der Waals surface area contributed by atoms with Crippen LogP contribution in [0.25, 0.3) is 11.3 Å². The first-order chi connectivity index (χ1) is 13.8. The number of amides is 1. The normalized spacial score (nSPS) is 15.4. The van der Waals surface area contributed by atoms with Crippen molar-refractivity contribution in [1.82, 2.24) is 4.98 Å². The molecule has 0 aliphatic carbocycles. The third kappa shape index (κ3) is 3.73. The van der Waals surface area contributed by atoms with Gasteiger partial charge in [-0.15, -0.1) is 11.3 Å². The molecule has 1 aliphatic rings. The number of alkyl halides is 3. The Balaban J connectivity index is 1.49. The highest BCUT2D eigenvalue weighted by Gasteiger charge is 2.58. The average molecular weight is 424 g/mol. The number of carbonyl (C=O) groups excluding carboxylic acids is 1. The number of furan rings is 1. The van der Waals surface area contributed by atoms with Crippen LogP contribution in [0.1, 0.15) is 17.7 Å². The van der Waals surface area contributed by atoms with Crippen molar-refractivity contribution in [2.45, 2.75) is 24.6 Å². The highest BCUT2D eigenvalue weighted by molar-refractivity contribution is 7.14. The largest absolute Gasteiger partial charge is 0.493 e. The van der Waals surface area contributed by atoms with Gasteiger partial charge in [-0.25, -0.2) is 4.98 Å². The van der Waals surface area contributed by atoms with Gasteiger partial charge in [0.1, 0.15) is 11.5 Å². The standard InChI is InChI=1S/C19H15F3N2O4S/c20-19(21,22)18(26,15-2-1-6-28-15)9-16(25)24-17-23-13(10-29-17)11-3-4-14-12(8-11)5-7-27-14/h1-4,6,8,10,26H,5,7,9H2,(H,23,24,25)/t18-/m1/s1. The molecule has 0 saturated carbocycles. The van der Waals surface area contributed by atoms with Crippen LogP contribution in [0, 0.1) is 0 Å². The lowest BCUT2D eigenvalue weighted by molar-refractivity contribution is -0.272. The monoisotopic (exact) mass is 424 g/mol. The summed E-state index contributed by atoms with van der Waals surface area (Å²) in [6.07, 6.45) is -4.56. The predicted octanol–water partition coefficient (Wildman–Crippen LogP) is 4.12. The van der Waals surface area contributed by atoms with E-state index < -0.39 is 29.9 Å². The number of ether oxygens (including phenoxy) is 1. The first-order valence-corrected chi connectivity index (χ1v) is 9.49. The Hall–Kier alpha value is -2.85. The van der Waals surface area contributed by atoms with Crippen LogP contribution in [-0.4, -0.2) is 28.8 Å². The number of hydrogen-bond donors (Lipinski definition) is 2. The number of aromatic nitrogens is 1. The Labute approximate surface area is 166 Å². The van der Waals surface area contributed by atoms with Crippen LogP contribution in [0.3, 0.4) is 0 Å².